The van der Waals surface area contributed by atoms with Gasteiger partial charge in [-0.15, -0.1) is 0 Å². The van der Waals surface area contributed by atoms with E-state index in [0.29, 0.717) is 25.1 Å². The molecule has 3 atom stereocenters. The van der Waals surface area contributed by atoms with Gasteiger partial charge in [0.15, 0.2) is 0 Å². The minimum Gasteiger partial charge on any atom is -0.459 e. The quantitative estimate of drug-likeness (QED) is 0.436. The van der Waals surface area contributed by atoms with Gasteiger partial charge in [0.05, 0.1) is 6.33 Å². The highest BCUT2D eigenvalue weighted by Gasteiger charge is 2.39. The SMILES string of the molecule is C[C@@H](NC(=O)[C@@H]1CCCN1C(=O)[C@H](Cc1cnc[nH]1)NC(=O)OC(C)(C)C)C(=O)OCc1ccccc1. The smallest absolute Gasteiger partial charge is 0.408 e. The summed E-state index contributed by atoms with van der Waals surface area (Å²) in [7, 11) is 0. The van der Waals surface area contributed by atoms with Gasteiger partial charge in [0.25, 0.3) is 0 Å². The van der Waals surface area contributed by atoms with Crippen LogP contribution in [-0.2, 0) is 36.9 Å². The molecule has 3 amide bonds. The second kappa shape index (κ2) is 12.4. The molecule has 11 nitrogen and oxygen atoms in total. The van der Waals surface area contributed by atoms with Crippen LogP contribution in [0.2, 0.25) is 0 Å². The average Bonchev–Trinajstić information content (AvgIpc) is 3.53. The van der Waals surface area contributed by atoms with Crippen molar-refractivity contribution in [2.45, 2.75) is 77.3 Å². The molecule has 1 aromatic carbocycles. The van der Waals surface area contributed by atoms with Crippen molar-refractivity contribution in [2.75, 3.05) is 6.54 Å². The molecular formula is C26H35N5O6. The number of aromatic nitrogens is 2. The third-order valence-electron chi connectivity index (χ3n) is 5.74. The van der Waals surface area contributed by atoms with Crippen molar-refractivity contribution in [1.82, 2.24) is 25.5 Å². The van der Waals surface area contributed by atoms with Gasteiger partial charge in [-0.3, -0.25) is 9.59 Å². The van der Waals surface area contributed by atoms with Crippen LogP contribution in [0.4, 0.5) is 4.79 Å². The molecule has 3 N–H and O–H groups in total. The molecule has 1 aliphatic heterocycles. The number of aromatic amines is 1. The number of rotatable bonds is 9. The monoisotopic (exact) mass is 513 g/mol. The van der Waals surface area contributed by atoms with Crippen LogP contribution in [0.1, 0.15) is 51.8 Å². The number of ether oxygens (including phenoxy) is 2. The molecule has 1 aliphatic rings. The highest BCUT2D eigenvalue weighted by Crippen LogP contribution is 2.20. The Morgan fingerprint density at radius 3 is 2.54 bits per heavy atom. The van der Waals surface area contributed by atoms with E-state index in [-0.39, 0.29) is 13.0 Å². The van der Waals surface area contributed by atoms with Crippen LogP contribution in [0, 0.1) is 0 Å². The number of hydrogen-bond acceptors (Lipinski definition) is 7. The maximum Gasteiger partial charge on any atom is 0.408 e. The number of benzene rings is 1. The summed E-state index contributed by atoms with van der Waals surface area (Å²) in [5.74, 6) is -1.44. The number of alkyl carbamates (subject to hydrolysis) is 1. The van der Waals surface area contributed by atoms with Crippen LogP contribution in [0.25, 0.3) is 0 Å². The summed E-state index contributed by atoms with van der Waals surface area (Å²) in [4.78, 5) is 59.8. The van der Waals surface area contributed by atoms with E-state index in [1.54, 1.807) is 27.0 Å². The zero-order valence-electron chi connectivity index (χ0n) is 21.7. The number of imidazole rings is 1. The van der Waals surface area contributed by atoms with E-state index < -0.39 is 47.6 Å². The maximum absolute atomic E-state index is 13.5. The van der Waals surface area contributed by atoms with Crippen molar-refractivity contribution >= 4 is 23.9 Å². The fraction of sp³-hybridized carbons (Fsp3) is 0.500. The Labute approximate surface area is 216 Å². The number of nitrogens with zero attached hydrogens (tertiary/aromatic N) is 2. The number of nitrogens with one attached hydrogen (secondary N) is 3. The van der Waals surface area contributed by atoms with Crippen LogP contribution >= 0.6 is 0 Å². The summed E-state index contributed by atoms with van der Waals surface area (Å²) in [6.07, 6.45) is 3.50. The molecule has 1 fully saturated rings. The van der Waals surface area contributed by atoms with Crippen LogP contribution < -0.4 is 10.6 Å². The number of hydrogen-bond donors (Lipinski definition) is 3. The first kappa shape index (κ1) is 27.7. The van der Waals surface area contributed by atoms with E-state index in [9.17, 15) is 19.2 Å². The summed E-state index contributed by atoms with van der Waals surface area (Å²) in [6, 6.07) is 6.58. The minimum atomic E-state index is -0.975. The van der Waals surface area contributed by atoms with Gasteiger partial charge in [-0.05, 0) is 46.1 Å². The Morgan fingerprint density at radius 2 is 1.89 bits per heavy atom. The standard InChI is InChI=1S/C26H35N5O6/c1-17(24(34)36-15-18-9-6-5-7-10-18)29-22(32)21-11-8-12-31(21)23(33)20(13-19-14-27-16-28-19)30-25(35)37-26(2,3)4/h5-7,9-10,14,16-17,20-21H,8,11-13,15H2,1-4H3,(H,27,28)(H,29,32)(H,30,35)/t17-,20+,21+/m1/s1. The Bertz CT molecular complexity index is 1070. The fourth-order valence-corrected chi connectivity index (χ4v) is 3.99. The van der Waals surface area contributed by atoms with Gasteiger partial charge < -0.3 is 30.0 Å². The normalized spacial score (nSPS) is 17.0. The van der Waals surface area contributed by atoms with Crippen molar-refractivity contribution in [3.05, 3.63) is 54.1 Å². The predicted molar refractivity (Wildman–Crippen MR) is 134 cm³/mol. The van der Waals surface area contributed by atoms with Gasteiger partial charge >= 0.3 is 12.1 Å². The fourth-order valence-electron chi connectivity index (χ4n) is 3.99. The topological polar surface area (TPSA) is 143 Å². The van der Waals surface area contributed by atoms with Crippen molar-refractivity contribution in [3.8, 4) is 0 Å². The Balaban J connectivity index is 1.63. The molecular weight excluding hydrogens is 478 g/mol. The van der Waals surface area contributed by atoms with Crippen LogP contribution in [0.15, 0.2) is 42.9 Å². The lowest BCUT2D eigenvalue weighted by Crippen LogP contribution is -2.56. The highest BCUT2D eigenvalue weighted by molar-refractivity contribution is 5.93. The third-order valence-corrected chi connectivity index (χ3v) is 5.74. The minimum absolute atomic E-state index is 0.0968. The largest absolute Gasteiger partial charge is 0.459 e. The van der Waals surface area contributed by atoms with Crippen molar-refractivity contribution in [1.29, 1.82) is 0 Å². The first-order valence-electron chi connectivity index (χ1n) is 12.3. The van der Waals surface area contributed by atoms with Crippen molar-refractivity contribution in [3.63, 3.8) is 0 Å². The maximum atomic E-state index is 13.5. The number of carbonyl (C=O) groups excluding carboxylic acids is 4. The molecule has 37 heavy (non-hydrogen) atoms. The van der Waals surface area contributed by atoms with Crippen LogP contribution in [0.3, 0.4) is 0 Å². The summed E-state index contributed by atoms with van der Waals surface area (Å²) in [5.41, 5.74) is 0.736. The van der Waals surface area contributed by atoms with E-state index in [2.05, 4.69) is 20.6 Å². The summed E-state index contributed by atoms with van der Waals surface area (Å²) >= 11 is 0. The van der Waals surface area contributed by atoms with E-state index in [0.717, 1.165) is 5.56 Å². The molecule has 0 bridgehead atoms. The lowest BCUT2D eigenvalue weighted by Gasteiger charge is -2.29. The second-order valence-electron chi connectivity index (χ2n) is 9.99. The van der Waals surface area contributed by atoms with E-state index in [1.165, 1.54) is 18.2 Å². The molecule has 0 radical (unpaired) electrons. The zero-order valence-corrected chi connectivity index (χ0v) is 21.7. The van der Waals surface area contributed by atoms with E-state index >= 15 is 0 Å². The van der Waals surface area contributed by atoms with Gasteiger partial charge in [-0.25, -0.2) is 14.6 Å². The Kier molecular flexibility index (Phi) is 9.26. The molecule has 11 heteroatoms. The van der Waals surface area contributed by atoms with E-state index in [4.69, 9.17) is 9.47 Å². The lowest BCUT2D eigenvalue weighted by molar-refractivity contribution is -0.149. The van der Waals surface area contributed by atoms with Gasteiger partial charge in [0.2, 0.25) is 11.8 Å². The summed E-state index contributed by atoms with van der Waals surface area (Å²) < 4.78 is 10.6. The van der Waals surface area contributed by atoms with Gasteiger partial charge in [-0.2, -0.15) is 0 Å². The van der Waals surface area contributed by atoms with Crippen LogP contribution in [-0.4, -0.2) is 69.0 Å². The molecule has 1 saturated heterocycles. The Hall–Kier alpha value is -3.89. The van der Waals surface area contributed by atoms with Gasteiger partial charge in [0.1, 0.15) is 30.3 Å². The Morgan fingerprint density at radius 1 is 1.16 bits per heavy atom. The van der Waals surface area contributed by atoms with E-state index in [1.807, 2.05) is 30.3 Å². The molecule has 2 aromatic rings. The number of carbonyl (C=O) groups is 4. The van der Waals surface area contributed by atoms with Crippen molar-refractivity contribution < 1.29 is 28.7 Å². The van der Waals surface area contributed by atoms with Gasteiger partial charge in [-0.1, -0.05) is 30.3 Å². The first-order valence-corrected chi connectivity index (χ1v) is 12.3. The molecule has 200 valence electrons. The molecule has 0 spiro atoms. The molecule has 0 unspecified atom stereocenters. The summed E-state index contributed by atoms with van der Waals surface area (Å²) in [6.45, 7) is 7.16. The first-order chi connectivity index (χ1) is 17.5. The third kappa shape index (κ3) is 8.33. The van der Waals surface area contributed by atoms with Gasteiger partial charge in [0, 0.05) is 24.9 Å². The molecule has 1 aromatic heterocycles. The van der Waals surface area contributed by atoms with Crippen LogP contribution in [0.5, 0.6) is 0 Å². The average molecular weight is 514 g/mol. The predicted octanol–water partition coefficient (Wildman–Crippen LogP) is 2.08. The lowest BCUT2D eigenvalue weighted by atomic mass is 10.1. The number of amides is 3. The second-order valence-corrected chi connectivity index (χ2v) is 9.99. The summed E-state index contributed by atoms with van der Waals surface area (Å²) in [5, 5.41) is 5.30. The zero-order chi connectivity index (χ0) is 27.0. The van der Waals surface area contributed by atoms with Crippen molar-refractivity contribution in [2.24, 2.45) is 0 Å². The molecule has 0 aliphatic carbocycles. The molecule has 2 heterocycles. The molecule has 0 saturated carbocycles. The number of esters is 1. The number of H-pyrrole nitrogens is 1. The highest BCUT2D eigenvalue weighted by atomic mass is 16.6. The molecule has 3 rings (SSSR count). The number of likely N-dealkylation sites (tertiary alicyclic amines) is 1.